The molecule has 0 aromatic heterocycles. The molecule has 0 aromatic carbocycles. The van der Waals surface area contributed by atoms with Crippen LogP contribution in [0.3, 0.4) is 0 Å². The molecule has 0 unspecified atom stereocenters. The van der Waals surface area contributed by atoms with Gasteiger partial charge >= 0.3 is 6.03 Å². The molecule has 0 radical (unpaired) electrons. The summed E-state index contributed by atoms with van der Waals surface area (Å²) in [4.78, 5) is 24.7. The van der Waals surface area contributed by atoms with Gasteiger partial charge in [-0.3, -0.25) is 4.79 Å². The Bertz CT molecular complexity index is 254. The first kappa shape index (κ1) is 13.2. The van der Waals surface area contributed by atoms with E-state index in [1.165, 1.54) is 0 Å². The van der Waals surface area contributed by atoms with Crippen LogP contribution in [0.1, 0.15) is 19.3 Å². The zero-order chi connectivity index (χ0) is 12.0. The summed E-state index contributed by atoms with van der Waals surface area (Å²) >= 11 is 1.65. The molecule has 0 bridgehead atoms. The third kappa shape index (κ3) is 3.92. The summed E-state index contributed by atoms with van der Waals surface area (Å²) in [6.45, 7) is 1.60. The van der Waals surface area contributed by atoms with Crippen LogP contribution in [0.4, 0.5) is 4.79 Å². The van der Waals surface area contributed by atoms with Crippen LogP contribution >= 0.6 is 11.8 Å². The highest BCUT2D eigenvalue weighted by Gasteiger charge is 2.26. The Kier molecular flexibility index (Phi) is 5.45. The molecule has 1 saturated heterocycles. The molecular formula is C10H19N3O2S. The maximum Gasteiger partial charge on any atom is 0.312 e. The van der Waals surface area contributed by atoms with Crippen LogP contribution in [-0.4, -0.2) is 48.0 Å². The molecule has 1 aliphatic rings. The minimum atomic E-state index is -0.626. The number of thioether (sulfide) groups is 1. The summed E-state index contributed by atoms with van der Waals surface area (Å²) in [5.74, 6) is 0.843. The van der Waals surface area contributed by atoms with E-state index in [1.807, 2.05) is 6.26 Å². The molecule has 16 heavy (non-hydrogen) atoms. The average molecular weight is 245 g/mol. The number of hydrogen-bond donors (Lipinski definition) is 2. The van der Waals surface area contributed by atoms with Gasteiger partial charge in [0.05, 0.1) is 0 Å². The standard InChI is InChI=1S/C10H19N3O2S/c1-16-7-4-8(12-10(11)15)9(14)13-5-2-3-6-13/h8H,2-7H2,1H3,(H3,11,12,15)/t8-/m0/s1. The fourth-order valence-electron chi connectivity index (χ4n) is 1.82. The number of urea groups is 1. The van der Waals surface area contributed by atoms with E-state index in [-0.39, 0.29) is 5.91 Å². The van der Waals surface area contributed by atoms with E-state index < -0.39 is 12.1 Å². The summed E-state index contributed by atoms with van der Waals surface area (Å²) in [6, 6.07) is -1.08. The molecule has 1 heterocycles. The quantitative estimate of drug-likeness (QED) is 0.736. The lowest BCUT2D eigenvalue weighted by Crippen LogP contribution is -2.49. The molecule has 1 rings (SSSR count). The number of likely N-dealkylation sites (tertiary alicyclic amines) is 1. The highest BCUT2D eigenvalue weighted by molar-refractivity contribution is 7.98. The highest BCUT2D eigenvalue weighted by atomic mass is 32.2. The Morgan fingerprint density at radius 1 is 1.44 bits per heavy atom. The fourth-order valence-corrected chi connectivity index (χ4v) is 2.29. The first-order valence-corrected chi connectivity index (χ1v) is 6.88. The van der Waals surface area contributed by atoms with E-state index in [9.17, 15) is 9.59 Å². The predicted octanol–water partition coefficient (Wildman–Crippen LogP) is 0.399. The van der Waals surface area contributed by atoms with Crippen molar-refractivity contribution in [2.24, 2.45) is 5.73 Å². The lowest BCUT2D eigenvalue weighted by atomic mass is 10.2. The van der Waals surface area contributed by atoms with Crippen LogP contribution in [0.15, 0.2) is 0 Å². The molecule has 0 spiro atoms. The number of primary amides is 1. The number of carbonyl (C=O) groups excluding carboxylic acids is 2. The van der Waals surface area contributed by atoms with E-state index >= 15 is 0 Å². The topological polar surface area (TPSA) is 75.4 Å². The molecule has 0 aromatic rings. The number of nitrogens with one attached hydrogen (secondary N) is 1. The highest BCUT2D eigenvalue weighted by Crippen LogP contribution is 2.11. The van der Waals surface area contributed by atoms with E-state index in [0.717, 1.165) is 31.7 Å². The predicted molar refractivity (Wildman–Crippen MR) is 65.3 cm³/mol. The summed E-state index contributed by atoms with van der Waals surface area (Å²) in [5, 5.41) is 2.53. The number of hydrogen-bond acceptors (Lipinski definition) is 3. The minimum Gasteiger partial charge on any atom is -0.352 e. The van der Waals surface area contributed by atoms with Crippen molar-refractivity contribution in [2.75, 3.05) is 25.1 Å². The average Bonchev–Trinajstić information content (AvgIpc) is 2.76. The van der Waals surface area contributed by atoms with Gasteiger partial charge in [0.25, 0.3) is 0 Å². The monoisotopic (exact) mass is 245 g/mol. The first-order chi connectivity index (χ1) is 7.65. The van der Waals surface area contributed by atoms with Gasteiger partial charge in [-0.1, -0.05) is 0 Å². The van der Waals surface area contributed by atoms with E-state index in [1.54, 1.807) is 16.7 Å². The molecule has 3 amide bonds. The molecule has 3 N–H and O–H groups in total. The Morgan fingerprint density at radius 3 is 2.56 bits per heavy atom. The zero-order valence-corrected chi connectivity index (χ0v) is 10.4. The largest absolute Gasteiger partial charge is 0.352 e. The molecule has 1 aliphatic heterocycles. The van der Waals surface area contributed by atoms with Crippen LogP contribution in [-0.2, 0) is 4.79 Å². The Hall–Kier alpha value is -0.910. The van der Waals surface area contributed by atoms with Gasteiger partial charge in [-0.15, -0.1) is 0 Å². The van der Waals surface area contributed by atoms with Crippen molar-refractivity contribution in [3.63, 3.8) is 0 Å². The van der Waals surface area contributed by atoms with Crippen molar-refractivity contribution in [3.05, 3.63) is 0 Å². The van der Waals surface area contributed by atoms with Crippen molar-refractivity contribution < 1.29 is 9.59 Å². The van der Waals surface area contributed by atoms with Gasteiger partial charge in [-0.05, 0) is 31.3 Å². The van der Waals surface area contributed by atoms with Crippen molar-refractivity contribution >= 4 is 23.7 Å². The number of carbonyl (C=O) groups is 2. The summed E-state index contributed by atoms with van der Waals surface area (Å²) < 4.78 is 0. The number of nitrogens with two attached hydrogens (primary N) is 1. The van der Waals surface area contributed by atoms with Crippen molar-refractivity contribution in [1.29, 1.82) is 0 Å². The number of nitrogens with zero attached hydrogens (tertiary/aromatic N) is 1. The molecule has 5 nitrogen and oxygen atoms in total. The van der Waals surface area contributed by atoms with Gasteiger partial charge in [0.2, 0.25) is 5.91 Å². The smallest absolute Gasteiger partial charge is 0.312 e. The van der Waals surface area contributed by atoms with Crippen LogP contribution < -0.4 is 11.1 Å². The van der Waals surface area contributed by atoms with Crippen LogP contribution in [0.2, 0.25) is 0 Å². The minimum absolute atomic E-state index is 0.00495. The van der Waals surface area contributed by atoms with Gasteiger partial charge in [-0.25, -0.2) is 4.79 Å². The van der Waals surface area contributed by atoms with Crippen LogP contribution in [0, 0.1) is 0 Å². The number of rotatable bonds is 5. The molecule has 0 saturated carbocycles. The van der Waals surface area contributed by atoms with E-state index in [4.69, 9.17) is 5.73 Å². The first-order valence-electron chi connectivity index (χ1n) is 5.49. The fraction of sp³-hybridized carbons (Fsp3) is 0.800. The Morgan fingerprint density at radius 2 is 2.06 bits per heavy atom. The summed E-state index contributed by atoms with van der Waals surface area (Å²) in [6.07, 6.45) is 4.72. The van der Waals surface area contributed by atoms with Crippen molar-refractivity contribution in [1.82, 2.24) is 10.2 Å². The van der Waals surface area contributed by atoms with Gasteiger partial charge in [0, 0.05) is 13.1 Å². The zero-order valence-electron chi connectivity index (χ0n) is 9.57. The lowest BCUT2D eigenvalue weighted by molar-refractivity contribution is -0.132. The van der Waals surface area contributed by atoms with Crippen molar-refractivity contribution in [2.45, 2.75) is 25.3 Å². The van der Waals surface area contributed by atoms with Crippen LogP contribution in [0.25, 0.3) is 0 Å². The van der Waals surface area contributed by atoms with Crippen molar-refractivity contribution in [3.8, 4) is 0 Å². The van der Waals surface area contributed by atoms with Crippen LogP contribution in [0.5, 0.6) is 0 Å². The molecule has 92 valence electrons. The molecule has 6 heteroatoms. The second-order valence-electron chi connectivity index (χ2n) is 3.88. The SMILES string of the molecule is CSCC[C@H](NC(N)=O)C(=O)N1CCCC1. The third-order valence-electron chi connectivity index (χ3n) is 2.64. The third-order valence-corrected chi connectivity index (χ3v) is 3.29. The Balaban J connectivity index is 2.51. The second-order valence-corrected chi connectivity index (χ2v) is 4.86. The molecule has 0 aliphatic carbocycles. The summed E-state index contributed by atoms with van der Waals surface area (Å²) in [5.41, 5.74) is 5.07. The number of amides is 3. The van der Waals surface area contributed by atoms with E-state index in [2.05, 4.69) is 5.32 Å². The summed E-state index contributed by atoms with van der Waals surface area (Å²) in [7, 11) is 0. The Labute approximate surface area is 100 Å². The van der Waals surface area contributed by atoms with Gasteiger partial charge in [0.15, 0.2) is 0 Å². The lowest BCUT2D eigenvalue weighted by Gasteiger charge is -2.23. The van der Waals surface area contributed by atoms with Gasteiger partial charge in [-0.2, -0.15) is 11.8 Å². The van der Waals surface area contributed by atoms with Gasteiger partial charge < -0.3 is 16.0 Å². The maximum absolute atomic E-state index is 12.0. The van der Waals surface area contributed by atoms with E-state index in [0.29, 0.717) is 6.42 Å². The maximum atomic E-state index is 12.0. The van der Waals surface area contributed by atoms with Gasteiger partial charge in [0.1, 0.15) is 6.04 Å². The second kappa shape index (κ2) is 6.62. The molecule has 1 atom stereocenters. The molecule has 1 fully saturated rings. The molecular weight excluding hydrogens is 226 g/mol. The normalized spacial score (nSPS) is 17.2.